The van der Waals surface area contributed by atoms with Crippen LogP contribution >= 0.6 is 15.9 Å². The van der Waals surface area contributed by atoms with Crippen LogP contribution < -0.4 is 0 Å². The van der Waals surface area contributed by atoms with Crippen molar-refractivity contribution in [2.24, 2.45) is 0 Å². The van der Waals surface area contributed by atoms with Gasteiger partial charge in [0, 0.05) is 23.9 Å². The highest BCUT2D eigenvalue weighted by atomic mass is 79.9. The molecule has 8 nitrogen and oxygen atoms in total. The molecule has 0 aliphatic carbocycles. The van der Waals surface area contributed by atoms with Crippen molar-refractivity contribution in [3.63, 3.8) is 0 Å². The largest absolute Gasteiger partial charge is 0.456 e. The fraction of sp³-hybridized carbons (Fsp3) is 0.353. The Morgan fingerprint density at radius 3 is 2.77 bits per heavy atom. The third-order valence-corrected chi connectivity index (χ3v) is 4.37. The molecular weight excluding hydrogens is 406 g/mol. The number of hydrogen-bond acceptors (Lipinski definition) is 7. The van der Waals surface area contributed by atoms with Crippen molar-refractivity contribution >= 4 is 33.7 Å². The number of nitrogens with zero attached hydrogens (tertiary/aromatic N) is 3. The minimum Gasteiger partial charge on any atom is -0.456 e. The summed E-state index contributed by atoms with van der Waals surface area (Å²) < 4.78 is 10.7. The van der Waals surface area contributed by atoms with E-state index in [4.69, 9.17) is 9.26 Å². The van der Waals surface area contributed by atoms with Crippen molar-refractivity contribution in [1.29, 1.82) is 0 Å². The second-order valence-electron chi connectivity index (χ2n) is 5.67. The van der Waals surface area contributed by atoms with E-state index in [0.29, 0.717) is 29.8 Å². The third kappa shape index (κ3) is 3.82. The number of aromatic nitrogens is 2. The summed E-state index contributed by atoms with van der Waals surface area (Å²) in [5.41, 5.74) is 0.749. The summed E-state index contributed by atoms with van der Waals surface area (Å²) in [7, 11) is 0. The monoisotopic (exact) mass is 421 g/mol. The van der Waals surface area contributed by atoms with E-state index < -0.39 is 5.97 Å². The lowest BCUT2D eigenvalue weighted by Crippen LogP contribution is -2.31. The van der Waals surface area contributed by atoms with Gasteiger partial charge >= 0.3 is 5.97 Å². The Hall–Kier alpha value is -2.55. The van der Waals surface area contributed by atoms with E-state index >= 15 is 0 Å². The molecule has 0 bridgehead atoms. The molecule has 0 spiro atoms. The van der Waals surface area contributed by atoms with Crippen LogP contribution in [0.4, 0.5) is 0 Å². The quantitative estimate of drug-likeness (QED) is 0.499. The molecule has 136 valence electrons. The van der Waals surface area contributed by atoms with Gasteiger partial charge in [-0.15, -0.1) is 0 Å². The third-order valence-electron chi connectivity index (χ3n) is 3.88. The van der Waals surface area contributed by atoms with Gasteiger partial charge in [-0.1, -0.05) is 28.0 Å². The Kier molecular flexibility index (Phi) is 5.46. The van der Waals surface area contributed by atoms with Crippen molar-refractivity contribution in [2.45, 2.75) is 32.8 Å². The predicted octanol–water partition coefficient (Wildman–Crippen LogP) is 2.51. The highest BCUT2D eigenvalue weighted by molar-refractivity contribution is 9.10. The molecule has 0 fully saturated rings. The molecule has 0 radical (unpaired) electrons. The van der Waals surface area contributed by atoms with Gasteiger partial charge in [-0.05, 0) is 24.6 Å². The van der Waals surface area contributed by atoms with Crippen LogP contribution in [0.5, 0.6) is 0 Å². The number of aryl methyl sites for hydroxylation is 1. The lowest BCUT2D eigenvalue weighted by Gasteiger charge is -2.13. The number of carbonyl (C=O) groups is 3. The van der Waals surface area contributed by atoms with Gasteiger partial charge in [0.15, 0.2) is 12.4 Å². The van der Waals surface area contributed by atoms with Crippen molar-refractivity contribution in [1.82, 2.24) is 15.0 Å². The van der Waals surface area contributed by atoms with Crippen LogP contribution in [0.15, 0.2) is 27.2 Å². The number of imide groups is 1. The fourth-order valence-corrected chi connectivity index (χ4v) is 2.92. The molecule has 1 aromatic heterocycles. The van der Waals surface area contributed by atoms with Crippen LogP contribution in [0.25, 0.3) is 0 Å². The van der Waals surface area contributed by atoms with Gasteiger partial charge in [0.25, 0.3) is 17.7 Å². The highest BCUT2D eigenvalue weighted by Crippen LogP contribution is 2.26. The molecule has 9 heteroatoms. The number of rotatable bonds is 7. The molecule has 3 rings (SSSR count). The first kappa shape index (κ1) is 18.2. The number of halogens is 1. The van der Waals surface area contributed by atoms with Crippen molar-refractivity contribution in [3.8, 4) is 0 Å². The average molecular weight is 422 g/mol. The van der Waals surface area contributed by atoms with Crippen molar-refractivity contribution in [2.75, 3.05) is 6.54 Å². The number of carbonyl (C=O) groups excluding carboxylic acids is 3. The number of ether oxygens (including phenoxy) is 1. The van der Waals surface area contributed by atoms with Gasteiger partial charge in [-0.25, -0.2) is 0 Å². The molecule has 0 saturated heterocycles. The zero-order valence-electron chi connectivity index (χ0n) is 14.0. The molecule has 26 heavy (non-hydrogen) atoms. The summed E-state index contributed by atoms with van der Waals surface area (Å²) in [6.45, 7) is 1.95. The molecule has 2 aromatic rings. The summed E-state index contributed by atoms with van der Waals surface area (Å²) >= 11 is 3.29. The average Bonchev–Trinajstić information content (AvgIpc) is 3.18. The molecule has 1 aliphatic heterocycles. The number of benzene rings is 1. The second kappa shape index (κ2) is 7.77. The zero-order chi connectivity index (χ0) is 18.7. The minimum absolute atomic E-state index is 0.0753. The van der Waals surface area contributed by atoms with Gasteiger partial charge in [-0.2, -0.15) is 4.98 Å². The molecule has 0 atom stereocenters. The molecule has 0 unspecified atom stereocenters. The lowest BCUT2D eigenvalue weighted by molar-refractivity contribution is -0.145. The standard InChI is InChI=1S/C17H16BrN3O5/c1-2-13-19-14(26-20-13)9-25-15(22)4-3-7-21-16(23)11-6-5-10(18)8-12(11)17(21)24/h5-6,8H,2-4,7,9H2,1H3. The Balaban J connectivity index is 1.47. The van der Waals surface area contributed by atoms with Crippen LogP contribution in [-0.4, -0.2) is 39.4 Å². The number of hydrogen-bond donors (Lipinski definition) is 0. The van der Waals surface area contributed by atoms with Crippen LogP contribution in [0.2, 0.25) is 0 Å². The summed E-state index contributed by atoms with van der Waals surface area (Å²) in [5.74, 6) is -0.364. The first-order valence-corrected chi connectivity index (χ1v) is 8.91. The van der Waals surface area contributed by atoms with Gasteiger partial charge < -0.3 is 9.26 Å². The lowest BCUT2D eigenvalue weighted by atomic mass is 10.1. The Morgan fingerprint density at radius 1 is 1.27 bits per heavy atom. The molecule has 2 heterocycles. The van der Waals surface area contributed by atoms with Gasteiger partial charge in [-0.3, -0.25) is 19.3 Å². The van der Waals surface area contributed by atoms with E-state index in [2.05, 4.69) is 26.1 Å². The smallest absolute Gasteiger partial charge is 0.306 e. The van der Waals surface area contributed by atoms with E-state index in [1.807, 2.05) is 6.92 Å². The van der Waals surface area contributed by atoms with E-state index in [-0.39, 0.29) is 37.3 Å². The molecule has 0 N–H and O–H groups in total. The summed E-state index contributed by atoms with van der Waals surface area (Å²) in [6.07, 6.45) is 1.02. The van der Waals surface area contributed by atoms with E-state index in [1.54, 1.807) is 18.2 Å². The van der Waals surface area contributed by atoms with Crippen LogP contribution in [0.3, 0.4) is 0 Å². The highest BCUT2D eigenvalue weighted by Gasteiger charge is 2.35. The van der Waals surface area contributed by atoms with Crippen molar-refractivity contribution in [3.05, 3.63) is 45.5 Å². The molecule has 1 aliphatic rings. The van der Waals surface area contributed by atoms with E-state index in [0.717, 1.165) is 9.37 Å². The maximum absolute atomic E-state index is 12.3. The summed E-state index contributed by atoms with van der Waals surface area (Å²) in [4.78, 5) is 41.6. The zero-order valence-corrected chi connectivity index (χ0v) is 15.6. The first-order valence-electron chi connectivity index (χ1n) is 8.12. The second-order valence-corrected chi connectivity index (χ2v) is 6.59. The van der Waals surface area contributed by atoms with Gasteiger partial charge in [0.2, 0.25) is 0 Å². The first-order chi connectivity index (χ1) is 12.5. The summed E-state index contributed by atoms with van der Waals surface area (Å²) in [5, 5.41) is 3.71. The topological polar surface area (TPSA) is 103 Å². The number of amides is 2. The van der Waals surface area contributed by atoms with Gasteiger partial charge in [0.1, 0.15) is 0 Å². The van der Waals surface area contributed by atoms with Crippen LogP contribution in [0.1, 0.15) is 52.2 Å². The Labute approximate surface area is 157 Å². The number of fused-ring (bicyclic) bond motifs is 1. The molecule has 2 amide bonds. The summed E-state index contributed by atoms with van der Waals surface area (Å²) in [6, 6.07) is 4.95. The number of esters is 1. The SMILES string of the molecule is CCc1noc(COC(=O)CCCN2C(=O)c3ccc(Br)cc3C2=O)n1. The van der Waals surface area contributed by atoms with E-state index in [1.165, 1.54) is 0 Å². The minimum atomic E-state index is -0.458. The van der Waals surface area contributed by atoms with Crippen LogP contribution in [-0.2, 0) is 22.6 Å². The fourth-order valence-electron chi connectivity index (χ4n) is 2.55. The van der Waals surface area contributed by atoms with Crippen molar-refractivity contribution < 1.29 is 23.6 Å². The maximum atomic E-state index is 12.3. The maximum Gasteiger partial charge on any atom is 0.306 e. The molecule has 0 saturated carbocycles. The van der Waals surface area contributed by atoms with Crippen LogP contribution in [0, 0.1) is 0 Å². The normalized spacial score (nSPS) is 13.2. The molecular formula is C17H16BrN3O5. The van der Waals surface area contributed by atoms with Gasteiger partial charge in [0.05, 0.1) is 11.1 Å². The van der Waals surface area contributed by atoms with E-state index in [9.17, 15) is 14.4 Å². The predicted molar refractivity (Wildman–Crippen MR) is 92.2 cm³/mol. The Bertz CT molecular complexity index is 864. The Morgan fingerprint density at radius 2 is 2.04 bits per heavy atom. The molecule has 1 aromatic carbocycles.